The predicted octanol–water partition coefficient (Wildman–Crippen LogP) is 1.11. The van der Waals surface area contributed by atoms with Gasteiger partial charge < -0.3 is 20.5 Å². The van der Waals surface area contributed by atoms with Crippen molar-refractivity contribution in [1.29, 1.82) is 0 Å². The Kier molecular flexibility index (Phi) is 5.91. The average Bonchev–Trinajstić information content (AvgIpc) is 2.25. The molecule has 3 N–H and O–H groups in total. The van der Waals surface area contributed by atoms with Gasteiger partial charge in [-0.25, -0.2) is 9.59 Å². The third-order valence-electron chi connectivity index (χ3n) is 3.01. The summed E-state index contributed by atoms with van der Waals surface area (Å²) in [4.78, 5) is 22.4. The molecule has 1 unspecified atom stereocenters. The molecule has 2 amide bonds. The van der Waals surface area contributed by atoms with Gasteiger partial charge in [0.25, 0.3) is 0 Å². The molecule has 0 aromatic heterocycles. The SMILES string of the molecule is CCCC(NC(=O)NC1CC(OCC)C1)C(=O)O. The first-order valence-electron chi connectivity index (χ1n) is 6.48. The molecule has 0 aliphatic heterocycles. The molecular formula is C12H22N2O4. The smallest absolute Gasteiger partial charge is 0.326 e. The van der Waals surface area contributed by atoms with Gasteiger partial charge in [0.05, 0.1) is 6.10 Å². The first-order valence-corrected chi connectivity index (χ1v) is 6.48. The third-order valence-corrected chi connectivity index (χ3v) is 3.01. The van der Waals surface area contributed by atoms with Gasteiger partial charge in [-0.05, 0) is 26.2 Å². The van der Waals surface area contributed by atoms with Crippen molar-refractivity contribution in [2.75, 3.05) is 6.61 Å². The van der Waals surface area contributed by atoms with Gasteiger partial charge in [0.15, 0.2) is 0 Å². The average molecular weight is 258 g/mol. The number of carboxylic acids is 1. The Morgan fingerprint density at radius 1 is 1.39 bits per heavy atom. The monoisotopic (exact) mass is 258 g/mol. The van der Waals surface area contributed by atoms with Crippen LogP contribution in [0.5, 0.6) is 0 Å². The zero-order valence-electron chi connectivity index (χ0n) is 10.9. The lowest BCUT2D eigenvalue weighted by molar-refractivity contribution is -0.139. The fourth-order valence-corrected chi connectivity index (χ4v) is 1.99. The molecule has 1 saturated carbocycles. The van der Waals surface area contributed by atoms with Gasteiger partial charge in [-0.1, -0.05) is 13.3 Å². The summed E-state index contributed by atoms with van der Waals surface area (Å²) in [5, 5.41) is 14.1. The molecule has 0 aromatic rings. The lowest BCUT2D eigenvalue weighted by Gasteiger charge is -2.35. The molecule has 0 heterocycles. The Balaban J connectivity index is 2.23. The Morgan fingerprint density at radius 2 is 2.06 bits per heavy atom. The van der Waals surface area contributed by atoms with Crippen LogP contribution in [0, 0.1) is 0 Å². The largest absolute Gasteiger partial charge is 0.480 e. The zero-order valence-corrected chi connectivity index (χ0v) is 10.9. The normalized spacial score (nSPS) is 23.9. The zero-order chi connectivity index (χ0) is 13.5. The molecular weight excluding hydrogens is 236 g/mol. The second-order valence-corrected chi connectivity index (χ2v) is 4.54. The molecule has 6 heteroatoms. The minimum absolute atomic E-state index is 0.0950. The molecule has 0 saturated heterocycles. The van der Waals surface area contributed by atoms with Crippen molar-refractivity contribution in [2.45, 2.75) is 57.7 Å². The van der Waals surface area contributed by atoms with Gasteiger partial charge in [0, 0.05) is 12.6 Å². The fraction of sp³-hybridized carbons (Fsp3) is 0.833. The number of rotatable bonds is 7. The van der Waals surface area contributed by atoms with E-state index in [1.54, 1.807) is 0 Å². The molecule has 0 aromatic carbocycles. The molecule has 1 atom stereocenters. The van der Waals surface area contributed by atoms with Gasteiger partial charge in [-0.15, -0.1) is 0 Å². The number of hydrogen-bond acceptors (Lipinski definition) is 3. The van der Waals surface area contributed by atoms with E-state index >= 15 is 0 Å². The van der Waals surface area contributed by atoms with Gasteiger partial charge in [-0.2, -0.15) is 0 Å². The van der Waals surface area contributed by atoms with Crippen LogP contribution in [0.1, 0.15) is 39.5 Å². The van der Waals surface area contributed by atoms with Crippen molar-refractivity contribution in [2.24, 2.45) is 0 Å². The summed E-state index contributed by atoms with van der Waals surface area (Å²) in [5.74, 6) is -0.993. The van der Waals surface area contributed by atoms with Crippen molar-refractivity contribution in [3.8, 4) is 0 Å². The molecule has 0 spiro atoms. The maximum Gasteiger partial charge on any atom is 0.326 e. The first-order chi connectivity index (χ1) is 8.56. The van der Waals surface area contributed by atoms with Crippen LogP contribution < -0.4 is 10.6 Å². The maximum atomic E-state index is 11.6. The number of aliphatic carboxylic acids is 1. The highest BCUT2D eigenvalue weighted by molar-refractivity contribution is 5.82. The number of amides is 2. The van der Waals surface area contributed by atoms with Crippen LogP contribution in [0.25, 0.3) is 0 Å². The van der Waals surface area contributed by atoms with Crippen LogP contribution in [0.3, 0.4) is 0 Å². The number of carbonyl (C=O) groups excluding carboxylic acids is 1. The third kappa shape index (κ3) is 4.52. The summed E-state index contributed by atoms with van der Waals surface area (Å²) >= 11 is 0. The van der Waals surface area contributed by atoms with E-state index in [1.165, 1.54) is 0 Å². The number of ether oxygens (including phenoxy) is 1. The minimum atomic E-state index is -0.993. The molecule has 1 rings (SSSR count). The summed E-state index contributed by atoms with van der Waals surface area (Å²) in [6.45, 7) is 4.50. The summed E-state index contributed by atoms with van der Waals surface area (Å²) < 4.78 is 5.38. The number of nitrogens with one attached hydrogen (secondary N) is 2. The maximum absolute atomic E-state index is 11.6. The minimum Gasteiger partial charge on any atom is -0.480 e. The molecule has 18 heavy (non-hydrogen) atoms. The van der Waals surface area contributed by atoms with E-state index in [4.69, 9.17) is 9.84 Å². The Hall–Kier alpha value is -1.30. The number of hydrogen-bond donors (Lipinski definition) is 3. The predicted molar refractivity (Wildman–Crippen MR) is 66.4 cm³/mol. The molecule has 0 bridgehead atoms. The van der Waals surface area contributed by atoms with Gasteiger partial charge in [0.1, 0.15) is 6.04 Å². The molecule has 0 radical (unpaired) electrons. The molecule has 1 aliphatic carbocycles. The van der Waals surface area contributed by atoms with Crippen LogP contribution in [-0.4, -0.2) is 41.9 Å². The second kappa shape index (κ2) is 7.20. The summed E-state index contributed by atoms with van der Waals surface area (Å²) in [5.41, 5.74) is 0. The van der Waals surface area contributed by atoms with Crippen molar-refractivity contribution in [3.63, 3.8) is 0 Å². The summed E-state index contributed by atoms with van der Waals surface area (Å²) in [6, 6.07) is -1.12. The molecule has 6 nitrogen and oxygen atoms in total. The van der Waals surface area contributed by atoms with Crippen LogP contribution in [-0.2, 0) is 9.53 Å². The van der Waals surface area contributed by atoms with E-state index < -0.39 is 18.0 Å². The van der Waals surface area contributed by atoms with Crippen LogP contribution >= 0.6 is 0 Å². The van der Waals surface area contributed by atoms with Crippen molar-refractivity contribution in [1.82, 2.24) is 10.6 Å². The lowest BCUT2D eigenvalue weighted by atomic mass is 9.89. The van der Waals surface area contributed by atoms with Crippen LogP contribution in [0.2, 0.25) is 0 Å². The summed E-state index contributed by atoms with van der Waals surface area (Å²) in [7, 11) is 0. The van der Waals surface area contributed by atoms with Crippen molar-refractivity contribution in [3.05, 3.63) is 0 Å². The Morgan fingerprint density at radius 3 is 2.56 bits per heavy atom. The van der Waals surface area contributed by atoms with Gasteiger partial charge >= 0.3 is 12.0 Å². The highest BCUT2D eigenvalue weighted by atomic mass is 16.5. The Labute approximate surface area is 107 Å². The van der Waals surface area contributed by atoms with E-state index in [-0.39, 0.29) is 12.1 Å². The van der Waals surface area contributed by atoms with E-state index in [9.17, 15) is 9.59 Å². The molecule has 1 fully saturated rings. The van der Waals surface area contributed by atoms with E-state index in [2.05, 4.69) is 10.6 Å². The number of urea groups is 1. The highest BCUT2D eigenvalue weighted by Crippen LogP contribution is 2.22. The number of carbonyl (C=O) groups is 2. The first kappa shape index (κ1) is 14.8. The topological polar surface area (TPSA) is 87.7 Å². The highest BCUT2D eigenvalue weighted by Gasteiger charge is 2.31. The van der Waals surface area contributed by atoms with E-state index in [1.807, 2.05) is 13.8 Å². The lowest BCUT2D eigenvalue weighted by Crippen LogP contribution is -2.53. The van der Waals surface area contributed by atoms with Crippen LogP contribution in [0.15, 0.2) is 0 Å². The van der Waals surface area contributed by atoms with Gasteiger partial charge in [0.2, 0.25) is 0 Å². The summed E-state index contributed by atoms with van der Waals surface area (Å²) in [6.07, 6.45) is 2.98. The number of carboxylic acid groups (broad SMARTS) is 1. The van der Waals surface area contributed by atoms with Crippen molar-refractivity contribution >= 4 is 12.0 Å². The Bertz CT molecular complexity index is 290. The van der Waals surface area contributed by atoms with Gasteiger partial charge in [-0.3, -0.25) is 0 Å². The van der Waals surface area contributed by atoms with E-state index in [0.717, 1.165) is 12.8 Å². The fourth-order valence-electron chi connectivity index (χ4n) is 1.99. The molecule has 104 valence electrons. The van der Waals surface area contributed by atoms with Crippen molar-refractivity contribution < 1.29 is 19.4 Å². The quantitative estimate of drug-likeness (QED) is 0.638. The standard InChI is InChI=1S/C12H22N2O4/c1-3-5-10(11(15)16)14-12(17)13-8-6-9(7-8)18-4-2/h8-10H,3-7H2,1-2H3,(H,15,16)(H2,13,14,17). The van der Waals surface area contributed by atoms with Crippen LogP contribution in [0.4, 0.5) is 4.79 Å². The molecule has 1 aliphatic rings. The second-order valence-electron chi connectivity index (χ2n) is 4.54. The van der Waals surface area contributed by atoms with E-state index in [0.29, 0.717) is 19.4 Å².